The van der Waals surface area contributed by atoms with Gasteiger partial charge in [0.25, 0.3) is 0 Å². The van der Waals surface area contributed by atoms with Crippen LogP contribution in [0.2, 0.25) is 0 Å². The molecule has 0 aliphatic heterocycles. The van der Waals surface area contributed by atoms with E-state index in [-0.39, 0.29) is 5.69 Å². The second-order valence-corrected chi connectivity index (χ2v) is 3.07. The van der Waals surface area contributed by atoms with Crippen LogP contribution in [-0.4, -0.2) is 31.1 Å². The average Bonchev–Trinajstić information content (AvgIpc) is 2.66. The number of nitrogens with zero attached hydrogens (tertiary/aromatic N) is 4. The molecule has 0 saturated carbocycles. The molecule has 0 saturated heterocycles. The van der Waals surface area contributed by atoms with Gasteiger partial charge in [-0.15, -0.1) is 5.10 Å². The number of pyridine rings is 1. The molecule has 2 heterocycles. The number of aromatic carboxylic acids is 1. The van der Waals surface area contributed by atoms with Gasteiger partial charge >= 0.3 is 5.97 Å². The Morgan fingerprint density at radius 2 is 2.27 bits per heavy atom. The Morgan fingerprint density at radius 1 is 1.47 bits per heavy atom. The second-order valence-electron chi connectivity index (χ2n) is 3.07. The number of carboxylic acids is 1. The van der Waals surface area contributed by atoms with E-state index < -0.39 is 5.97 Å². The molecule has 0 radical (unpaired) electrons. The molecular formula is C9H8N4O2. The van der Waals surface area contributed by atoms with Crippen LogP contribution in [0.15, 0.2) is 24.7 Å². The summed E-state index contributed by atoms with van der Waals surface area (Å²) in [6, 6.07) is 1.84. The normalized spacial score (nSPS) is 10.2. The maximum atomic E-state index is 10.6. The molecule has 6 nitrogen and oxygen atoms in total. The van der Waals surface area contributed by atoms with Gasteiger partial charge in [-0.25, -0.2) is 9.48 Å². The van der Waals surface area contributed by atoms with Gasteiger partial charge in [0.15, 0.2) is 5.69 Å². The Morgan fingerprint density at radius 3 is 2.87 bits per heavy atom. The van der Waals surface area contributed by atoms with Crippen molar-refractivity contribution in [1.29, 1.82) is 0 Å². The Bertz CT molecular complexity index is 506. The van der Waals surface area contributed by atoms with Gasteiger partial charge in [0.1, 0.15) is 0 Å². The van der Waals surface area contributed by atoms with Crippen LogP contribution >= 0.6 is 0 Å². The van der Waals surface area contributed by atoms with Crippen molar-refractivity contribution in [3.8, 4) is 5.69 Å². The number of aryl methyl sites for hydroxylation is 1. The molecule has 0 spiro atoms. The Hall–Kier alpha value is -2.24. The largest absolute Gasteiger partial charge is 0.476 e. The second kappa shape index (κ2) is 3.49. The molecule has 1 N–H and O–H groups in total. The van der Waals surface area contributed by atoms with Crippen molar-refractivity contribution < 1.29 is 9.90 Å². The molecule has 76 valence electrons. The lowest BCUT2D eigenvalue weighted by Gasteiger charge is -1.98. The van der Waals surface area contributed by atoms with Crippen molar-refractivity contribution in [1.82, 2.24) is 20.0 Å². The molecule has 0 unspecified atom stereocenters. The zero-order valence-corrected chi connectivity index (χ0v) is 7.95. The maximum Gasteiger partial charge on any atom is 0.358 e. The van der Waals surface area contributed by atoms with Crippen LogP contribution < -0.4 is 0 Å². The third kappa shape index (κ3) is 1.83. The van der Waals surface area contributed by atoms with E-state index in [1.807, 2.05) is 13.0 Å². The van der Waals surface area contributed by atoms with E-state index in [1.165, 1.54) is 10.9 Å². The van der Waals surface area contributed by atoms with Crippen molar-refractivity contribution in [3.05, 3.63) is 35.9 Å². The minimum Gasteiger partial charge on any atom is -0.476 e. The van der Waals surface area contributed by atoms with Crippen LogP contribution in [0.25, 0.3) is 5.69 Å². The molecule has 0 atom stereocenters. The van der Waals surface area contributed by atoms with Crippen LogP contribution in [0.4, 0.5) is 0 Å². The van der Waals surface area contributed by atoms with Crippen LogP contribution in [-0.2, 0) is 0 Å². The van der Waals surface area contributed by atoms with Gasteiger partial charge < -0.3 is 5.11 Å². The van der Waals surface area contributed by atoms with E-state index in [9.17, 15) is 4.79 Å². The SMILES string of the molecule is Cc1cncc(-n2cc(C(=O)O)nn2)c1. The number of aromatic nitrogens is 4. The zero-order valence-electron chi connectivity index (χ0n) is 7.95. The highest BCUT2D eigenvalue weighted by atomic mass is 16.4. The average molecular weight is 204 g/mol. The lowest BCUT2D eigenvalue weighted by Crippen LogP contribution is -1.96. The van der Waals surface area contributed by atoms with Gasteiger partial charge in [-0.3, -0.25) is 4.98 Å². The van der Waals surface area contributed by atoms with Crippen molar-refractivity contribution >= 4 is 5.97 Å². The molecule has 0 bridgehead atoms. The van der Waals surface area contributed by atoms with Crippen LogP contribution in [0.3, 0.4) is 0 Å². The fraction of sp³-hybridized carbons (Fsp3) is 0.111. The molecule has 0 aliphatic rings. The Kier molecular flexibility index (Phi) is 2.17. The Labute approximate surface area is 85.2 Å². The van der Waals surface area contributed by atoms with Gasteiger partial charge in [0.2, 0.25) is 0 Å². The predicted molar refractivity (Wildman–Crippen MR) is 50.9 cm³/mol. The summed E-state index contributed by atoms with van der Waals surface area (Å²) in [6.45, 7) is 1.89. The highest BCUT2D eigenvalue weighted by Crippen LogP contribution is 2.06. The fourth-order valence-corrected chi connectivity index (χ4v) is 1.15. The smallest absolute Gasteiger partial charge is 0.358 e. The molecule has 2 rings (SSSR count). The zero-order chi connectivity index (χ0) is 10.8. The van der Waals surface area contributed by atoms with Crippen molar-refractivity contribution in [2.45, 2.75) is 6.92 Å². The summed E-state index contributed by atoms with van der Waals surface area (Å²) in [6.07, 6.45) is 4.64. The third-order valence-corrected chi connectivity index (χ3v) is 1.84. The number of hydrogen-bond acceptors (Lipinski definition) is 4. The van der Waals surface area contributed by atoms with Gasteiger partial charge in [-0.1, -0.05) is 5.21 Å². The summed E-state index contributed by atoms with van der Waals surface area (Å²) >= 11 is 0. The van der Waals surface area contributed by atoms with Crippen molar-refractivity contribution in [2.24, 2.45) is 0 Å². The van der Waals surface area contributed by atoms with E-state index in [1.54, 1.807) is 12.4 Å². The van der Waals surface area contributed by atoms with Crippen LogP contribution in [0.5, 0.6) is 0 Å². The summed E-state index contributed by atoms with van der Waals surface area (Å²) in [5, 5.41) is 15.9. The highest BCUT2D eigenvalue weighted by molar-refractivity contribution is 5.84. The third-order valence-electron chi connectivity index (χ3n) is 1.84. The summed E-state index contributed by atoms with van der Waals surface area (Å²) in [5.41, 5.74) is 1.58. The summed E-state index contributed by atoms with van der Waals surface area (Å²) < 4.78 is 1.38. The first-order valence-electron chi connectivity index (χ1n) is 4.24. The molecule has 2 aromatic heterocycles. The lowest BCUT2D eigenvalue weighted by molar-refractivity contribution is 0.0690. The van der Waals surface area contributed by atoms with Gasteiger partial charge in [0.05, 0.1) is 18.1 Å². The lowest BCUT2D eigenvalue weighted by atomic mass is 10.3. The molecule has 0 aliphatic carbocycles. The number of hydrogen-bond donors (Lipinski definition) is 1. The van der Waals surface area contributed by atoms with Crippen LogP contribution in [0, 0.1) is 6.92 Å². The quantitative estimate of drug-likeness (QED) is 0.777. The highest BCUT2D eigenvalue weighted by Gasteiger charge is 2.09. The number of carboxylic acid groups (broad SMARTS) is 1. The molecule has 15 heavy (non-hydrogen) atoms. The summed E-state index contributed by atoms with van der Waals surface area (Å²) in [4.78, 5) is 14.6. The molecular weight excluding hydrogens is 196 g/mol. The number of carbonyl (C=O) groups is 1. The Balaban J connectivity index is 2.41. The maximum absolute atomic E-state index is 10.6. The van der Waals surface area contributed by atoms with Crippen molar-refractivity contribution in [2.75, 3.05) is 0 Å². The molecule has 2 aromatic rings. The first-order chi connectivity index (χ1) is 7.16. The molecule has 0 fully saturated rings. The van der Waals surface area contributed by atoms with Gasteiger partial charge in [-0.05, 0) is 18.6 Å². The predicted octanol–water partition coefficient (Wildman–Crippen LogP) is 0.669. The van der Waals surface area contributed by atoms with E-state index >= 15 is 0 Å². The monoisotopic (exact) mass is 204 g/mol. The van der Waals surface area contributed by atoms with Gasteiger partial charge in [0, 0.05) is 6.20 Å². The van der Waals surface area contributed by atoms with Crippen LogP contribution in [0.1, 0.15) is 16.1 Å². The van der Waals surface area contributed by atoms with E-state index in [4.69, 9.17) is 5.11 Å². The van der Waals surface area contributed by atoms with E-state index in [0.717, 1.165) is 5.56 Å². The topological polar surface area (TPSA) is 80.9 Å². The minimum absolute atomic E-state index is 0.0866. The molecule has 6 heteroatoms. The summed E-state index contributed by atoms with van der Waals surface area (Å²) in [5.74, 6) is -1.10. The van der Waals surface area contributed by atoms with E-state index in [0.29, 0.717) is 5.69 Å². The van der Waals surface area contributed by atoms with Gasteiger partial charge in [-0.2, -0.15) is 0 Å². The molecule has 0 amide bonds. The first-order valence-corrected chi connectivity index (χ1v) is 4.24. The molecule has 0 aromatic carbocycles. The summed E-state index contributed by atoms with van der Waals surface area (Å²) in [7, 11) is 0. The van der Waals surface area contributed by atoms with E-state index in [2.05, 4.69) is 15.3 Å². The minimum atomic E-state index is -1.10. The first kappa shape index (κ1) is 9.32. The van der Waals surface area contributed by atoms with Crippen molar-refractivity contribution in [3.63, 3.8) is 0 Å². The fourth-order valence-electron chi connectivity index (χ4n) is 1.15. The number of rotatable bonds is 2. The standard InChI is InChI=1S/C9H8N4O2/c1-6-2-7(4-10-3-6)13-5-8(9(14)15)11-12-13/h2-5H,1H3,(H,14,15).